The molecule has 47 heavy (non-hydrogen) atoms. The molecular weight excluding hydrogens is 612 g/mol. The van der Waals surface area contributed by atoms with Gasteiger partial charge in [0.2, 0.25) is 16.3 Å². The molecule has 244 valence electrons. The van der Waals surface area contributed by atoms with Crippen molar-refractivity contribution in [3.63, 3.8) is 0 Å². The van der Waals surface area contributed by atoms with E-state index in [4.69, 9.17) is 9.57 Å². The summed E-state index contributed by atoms with van der Waals surface area (Å²) in [6, 6.07) is 34.1. The summed E-state index contributed by atoms with van der Waals surface area (Å²) in [4.78, 5) is 21.4. The van der Waals surface area contributed by atoms with E-state index >= 15 is 0 Å². The van der Waals surface area contributed by atoms with Crippen LogP contribution in [0.5, 0.6) is 0 Å². The number of rotatable bonds is 11. The number of nitrogens with one attached hydrogen (secondary N) is 2. The number of carbonyl (C=O) groups excluding carboxylic acids is 1. The van der Waals surface area contributed by atoms with Gasteiger partial charge in [0.15, 0.2) is 0 Å². The average molecular weight is 653 g/mol. The van der Waals surface area contributed by atoms with Gasteiger partial charge in [-0.25, -0.2) is 13.1 Å². The Balaban J connectivity index is 1.02. The van der Waals surface area contributed by atoms with Gasteiger partial charge in [0.1, 0.15) is 5.71 Å². The van der Waals surface area contributed by atoms with Crippen molar-refractivity contribution in [2.75, 3.05) is 29.9 Å². The molecule has 4 aromatic carbocycles. The molecule has 0 saturated carbocycles. The fourth-order valence-corrected chi connectivity index (χ4v) is 7.12. The first kappa shape index (κ1) is 32.4. The highest BCUT2D eigenvalue weighted by Gasteiger charge is 2.25. The van der Waals surface area contributed by atoms with Crippen LogP contribution < -0.4 is 14.9 Å². The summed E-state index contributed by atoms with van der Waals surface area (Å²) < 4.78 is 34.7. The summed E-state index contributed by atoms with van der Waals surface area (Å²) >= 11 is 0. The SMILES string of the molecule is O=C(Nc1ccc(N2CCC(NS(=O)(=O)c3ccc(-c4ccccc4)cc3)CC2)cc1)/C(Cc1ccccc1)=N/OC1CCCCO1. The third-order valence-electron chi connectivity index (χ3n) is 8.47. The molecule has 0 aromatic heterocycles. The van der Waals surface area contributed by atoms with Gasteiger partial charge in [0.25, 0.3) is 5.91 Å². The maximum Gasteiger partial charge on any atom is 0.273 e. The van der Waals surface area contributed by atoms with E-state index in [1.54, 1.807) is 12.1 Å². The lowest BCUT2D eigenvalue weighted by Gasteiger charge is -2.34. The van der Waals surface area contributed by atoms with Crippen molar-refractivity contribution in [3.05, 3.63) is 115 Å². The summed E-state index contributed by atoms with van der Waals surface area (Å²) in [5, 5.41) is 7.18. The molecule has 1 atom stereocenters. The van der Waals surface area contributed by atoms with Gasteiger partial charge in [-0.2, -0.15) is 0 Å². The van der Waals surface area contributed by atoms with Gasteiger partial charge in [0.05, 0.1) is 11.5 Å². The van der Waals surface area contributed by atoms with E-state index in [0.29, 0.717) is 44.6 Å². The summed E-state index contributed by atoms with van der Waals surface area (Å²) in [5.74, 6) is -0.333. The molecule has 2 aliphatic rings. The lowest BCUT2D eigenvalue weighted by atomic mass is 10.1. The molecule has 2 heterocycles. The summed E-state index contributed by atoms with van der Waals surface area (Å²) in [6.45, 7) is 2.05. The number of hydrogen-bond acceptors (Lipinski definition) is 7. The molecule has 6 rings (SSSR count). The third kappa shape index (κ3) is 8.85. The molecule has 1 unspecified atom stereocenters. The molecule has 2 fully saturated rings. The number of amides is 1. The predicted octanol–water partition coefficient (Wildman–Crippen LogP) is 6.38. The maximum absolute atomic E-state index is 13.3. The minimum Gasteiger partial charge on any atom is -0.371 e. The van der Waals surface area contributed by atoms with Crippen molar-refractivity contribution >= 4 is 33.0 Å². The van der Waals surface area contributed by atoms with Gasteiger partial charge in [-0.05, 0) is 78.8 Å². The fourth-order valence-electron chi connectivity index (χ4n) is 5.82. The number of benzene rings is 4. The normalized spacial score (nSPS) is 17.7. The number of carbonyl (C=O) groups is 1. The first-order valence-electron chi connectivity index (χ1n) is 16.2. The van der Waals surface area contributed by atoms with Crippen LogP contribution in [0.2, 0.25) is 0 Å². The lowest BCUT2D eigenvalue weighted by Crippen LogP contribution is -2.44. The number of oxime groups is 1. The monoisotopic (exact) mass is 652 g/mol. The summed E-state index contributed by atoms with van der Waals surface area (Å²) in [5.41, 5.74) is 4.90. The van der Waals surface area contributed by atoms with E-state index < -0.39 is 16.3 Å². The second kappa shape index (κ2) is 15.4. The Morgan fingerprint density at radius 1 is 0.809 bits per heavy atom. The van der Waals surface area contributed by atoms with Crippen molar-refractivity contribution in [1.29, 1.82) is 0 Å². The zero-order valence-electron chi connectivity index (χ0n) is 26.3. The molecule has 10 heteroatoms. The topological polar surface area (TPSA) is 109 Å². The zero-order valence-corrected chi connectivity index (χ0v) is 27.1. The van der Waals surface area contributed by atoms with E-state index in [2.05, 4.69) is 20.1 Å². The van der Waals surface area contributed by atoms with Gasteiger partial charge in [-0.15, -0.1) is 0 Å². The standard InChI is InChI=1S/C37H40N4O5S/c42-37(35(27-28-9-3-1-4-10-28)39-46-36-13-7-8-26-45-36)38-31-16-18-33(19-17-31)41-24-22-32(23-25-41)40-47(43,44)34-20-14-30(15-21-34)29-11-5-2-6-12-29/h1-6,9-12,14-21,32,36,40H,7-8,13,22-27H2,(H,38,42)/b39-35+. The van der Waals surface area contributed by atoms with Crippen LogP contribution in [0.4, 0.5) is 11.4 Å². The highest BCUT2D eigenvalue weighted by Crippen LogP contribution is 2.25. The van der Waals surface area contributed by atoms with Crippen molar-refractivity contribution in [1.82, 2.24) is 4.72 Å². The number of hydrogen-bond donors (Lipinski definition) is 2. The van der Waals surface area contributed by atoms with Crippen LogP contribution in [-0.2, 0) is 30.8 Å². The highest BCUT2D eigenvalue weighted by molar-refractivity contribution is 7.89. The number of piperidine rings is 1. The molecule has 0 spiro atoms. The van der Waals surface area contributed by atoms with Gasteiger partial charge in [-0.3, -0.25) is 4.79 Å². The maximum atomic E-state index is 13.3. The predicted molar refractivity (Wildman–Crippen MR) is 185 cm³/mol. The van der Waals surface area contributed by atoms with Gasteiger partial charge < -0.3 is 19.8 Å². The van der Waals surface area contributed by atoms with Crippen LogP contribution in [-0.4, -0.2) is 52.1 Å². The minimum atomic E-state index is -3.63. The van der Waals surface area contributed by atoms with Crippen molar-refractivity contribution in [2.45, 2.75) is 55.8 Å². The third-order valence-corrected chi connectivity index (χ3v) is 10.0. The number of ether oxygens (including phenoxy) is 1. The Morgan fingerprint density at radius 2 is 1.47 bits per heavy atom. The smallest absolute Gasteiger partial charge is 0.273 e. The molecule has 0 aliphatic carbocycles. The quantitative estimate of drug-likeness (QED) is 0.144. The molecule has 2 saturated heterocycles. The molecule has 9 nitrogen and oxygen atoms in total. The zero-order chi connectivity index (χ0) is 32.5. The first-order chi connectivity index (χ1) is 22.9. The van der Waals surface area contributed by atoms with Crippen molar-refractivity contribution in [3.8, 4) is 11.1 Å². The number of sulfonamides is 1. The molecule has 2 aliphatic heterocycles. The number of nitrogens with zero attached hydrogens (tertiary/aromatic N) is 2. The molecule has 4 aromatic rings. The van der Waals surface area contributed by atoms with E-state index in [1.807, 2.05) is 97.1 Å². The van der Waals surface area contributed by atoms with E-state index in [-0.39, 0.29) is 22.6 Å². The van der Waals surface area contributed by atoms with Crippen LogP contribution in [0.15, 0.2) is 119 Å². The van der Waals surface area contributed by atoms with E-state index in [9.17, 15) is 13.2 Å². The van der Waals surface area contributed by atoms with Gasteiger partial charge >= 0.3 is 0 Å². The van der Waals surface area contributed by atoms with Crippen LogP contribution in [0.25, 0.3) is 11.1 Å². The molecule has 2 N–H and O–H groups in total. The largest absolute Gasteiger partial charge is 0.371 e. The van der Waals surface area contributed by atoms with E-state index in [0.717, 1.165) is 41.6 Å². The van der Waals surface area contributed by atoms with Crippen LogP contribution >= 0.6 is 0 Å². The molecule has 1 amide bonds. The molecule has 0 radical (unpaired) electrons. The average Bonchev–Trinajstić information content (AvgIpc) is 3.12. The van der Waals surface area contributed by atoms with Crippen LogP contribution in [0.3, 0.4) is 0 Å². The van der Waals surface area contributed by atoms with Gasteiger partial charge in [0, 0.05) is 43.3 Å². The van der Waals surface area contributed by atoms with Crippen LogP contribution in [0, 0.1) is 0 Å². The minimum absolute atomic E-state index is 0.146. The van der Waals surface area contributed by atoms with Crippen molar-refractivity contribution < 1.29 is 22.8 Å². The molecule has 0 bridgehead atoms. The molecular formula is C37H40N4O5S. The Labute approximate surface area is 276 Å². The summed E-state index contributed by atoms with van der Waals surface area (Å²) in [7, 11) is -3.63. The number of anilines is 2. The first-order valence-corrected chi connectivity index (χ1v) is 17.6. The summed E-state index contributed by atoms with van der Waals surface area (Å²) in [6.07, 6.45) is 4.01. The second-order valence-corrected chi connectivity index (χ2v) is 13.6. The van der Waals surface area contributed by atoms with Crippen molar-refractivity contribution in [2.24, 2.45) is 5.16 Å². The lowest BCUT2D eigenvalue weighted by molar-refractivity contribution is -0.162. The second-order valence-electron chi connectivity index (χ2n) is 11.9. The van der Waals surface area contributed by atoms with Crippen LogP contribution in [0.1, 0.15) is 37.7 Å². The highest BCUT2D eigenvalue weighted by atomic mass is 32.2. The fraction of sp³-hybridized carbons (Fsp3) is 0.297. The van der Waals surface area contributed by atoms with E-state index in [1.165, 1.54) is 0 Å². The Hall–Kier alpha value is -4.51. The Morgan fingerprint density at radius 3 is 2.13 bits per heavy atom. The Kier molecular flexibility index (Phi) is 10.6. The Bertz CT molecular complexity index is 1730. The van der Waals surface area contributed by atoms with Gasteiger partial charge in [-0.1, -0.05) is 78.0 Å².